The molecule has 2 aliphatic rings. The monoisotopic (exact) mass is 384 g/mol. The highest BCUT2D eigenvalue weighted by Crippen LogP contribution is 2.49. The van der Waals surface area contributed by atoms with Crippen LogP contribution in [0, 0.1) is 27.9 Å². The molecule has 8 nitrogen and oxygen atoms in total. The van der Waals surface area contributed by atoms with E-state index >= 15 is 0 Å². The molecule has 0 aliphatic heterocycles. The molecule has 1 amide bonds. The normalized spacial score (nSPS) is 24.1. The summed E-state index contributed by atoms with van der Waals surface area (Å²) in [4.78, 5) is 23.1. The molecule has 2 saturated carbocycles. The number of nitrogens with one attached hydrogen (secondary N) is 1. The predicted octanol–water partition coefficient (Wildman–Crippen LogP) is 3.38. The molecule has 0 unspecified atom stereocenters. The van der Waals surface area contributed by atoms with Crippen LogP contribution in [0.5, 0.6) is 5.75 Å². The van der Waals surface area contributed by atoms with Crippen LogP contribution in [0.2, 0.25) is 0 Å². The van der Waals surface area contributed by atoms with Crippen LogP contribution in [0.15, 0.2) is 36.5 Å². The third kappa shape index (κ3) is 3.72. The Labute approximate surface area is 163 Å². The van der Waals surface area contributed by atoms with Crippen molar-refractivity contribution in [3.63, 3.8) is 0 Å². The van der Waals surface area contributed by atoms with E-state index in [2.05, 4.69) is 17.3 Å². The Morgan fingerprint density at radius 2 is 2.18 bits per heavy atom. The van der Waals surface area contributed by atoms with Gasteiger partial charge in [-0.3, -0.25) is 14.9 Å². The number of nitro groups is 1. The molecule has 2 fully saturated rings. The zero-order chi connectivity index (χ0) is 19.7. The first-order chi connectivity index (χ1) is 13.5. The number of ether oxygens (including phenoxy) is 1. The second-order valence-corrected chi connectivity index (χ2v) is 7.84. The summed E-state index contributed by atoms with van der Waals surface area (Å²) in [5.74, 6) is 2.12. The lowest BCUT2D eigenvalue weighted by atomic mass is 9.84. The van der Waals surface area contributed by atoms with E-state index in [1.807, 2.05) is 0 Å². The van der Waals surface area contributed by atoms with Crippen LogP contribution in [0.4, 0.5) is 5.69 Å². The van der Waals surface area contributed by atoms with Gasteiger partial charge in [0.05, 0.1) is 4.92 Å². The molecule has 0 spiro atoms. The topological polar surface area (TPSA) is 99.3 Å². The number of aromatic nitrogens is 2. The largest absolute Gasteiger partial charge is 0.464 e. The van der Waals surface area contributed by atoms with E-state index in [0.29, 0.717) is 11.6 Å². The first-order valence-electron chi connectivity index (χ1n) is 9.72. The molecular formula is C20H24N4O4. The number of amides is 1. The zero-order valence-corrected chi connectivity index (χ0v) is 15.8. The average Bonchev–Trinajstić information content (AvgIpc) is 3.43. The van der Waals surface area contributed by atoms with Crippen molar-refractivity contribution in [2.75, 3.05) is 0 Å². The number of carbonyl (C=O) groups is 1. The molecule has 2 bridgehead atoms. The van der Waals surface area contributed by atoms with Crippen LogP contribution in [0.1, 0.15) is 43.1 Å². The van der Waals surface area contributed by atoms with Gasteiger partial charge in [-0.25, -0.2) is 4.68 Å². The van der Waals surface area contributed by atoms with Gasteiger partial charge in [-0.1, -0.05) is 18.6 Å². The predicted molar refractivity (Wildman–Crippen MR) is 102 cm³/mol. The summed E-state index contributed by atoms with van der Waals surface area (Å²) >= 11 is 0. The minimum Gasteiger partial charge on any atom is -0.464 e. The minimum absolute atomic E-state index is 0.0138. The van der Waals surface area contributed by atoms with Crippen LogP contribution < -0.4 is 10.1 Å². The van der Waals surface area contributed by atoms with Crippen molar-refractivity contribution < 1.29 is 14.5 Å². The fourth-order valence-corrected chi connectivity index (χ4v) is 4.71. The first-order valence-corrected chi connectivity index (χ1v) is 9.72. The molecule has 148 valence electrons. The Bertz CT molecular complexity index is 881. The smallest absolute Gasteiger partial charge is 0.311 e. The second kappa shape index (κ2) is 7.61. The van der Waals surface area contributed by atoms with Crippen molar-refractivity contribution in [3.05, 3.63) is 52.3 Å². The number of fused-ring (bicyclic) bond motifs is 2. The molecule has 28 heavy (non-hydrogen) atoms. The van der Waals surface area contributed by atoms with Crippen LogP contribution >= 0.6 is 0 Å². The van der Waals surface area contributed by atoms with Crippen molar-refractivity contribution in [2.24, 2.45) is 17.8 Å². The molecule has 4 atom stereocenters. The second-order valence-electron chi connectivity index (χ2n) is 7.84. The number of nitrogens with zero attached hydrogens (tertiary/aromatic N) is 3. The van der Waals surface area contributed by atoms with Gasteiger partial charge in [0.2, 0.25) is 0 Å². The number of benzene rings is 1. The molecule has 1 aromatic heterocycles. The maximum atomic E-state index is 12.5. The van der Waals surface area contributed by atoms with Gasteiger partial charge in [0.1, 0.15) is 5.69 Å². The maximum Gasteiger partial charge on any atom is 0.311 e. The molecule has 0 radical (unpaired) electrons. The molecule has 1 N–H and O–H groups in total. The fourth-order valence-electron chi connectivity index (χ4n) is 4.71. The molecule has 4 rings (SSSR count). The number of hydrogen-bond donors (Lipinski definition) is 1. The van der Waals surface area contributed by atoms with Crippen molar-refractivity contribution in [3.8, 4) is 5.75 Å². The van der Waals surface area contributed by atoms with Gasteiger partial charge in [0.15, 0.2) is 12.5 Å². The molecular weight excluding hydrogens is 360 g/mol. The molecule has 2 aromatic rings. The lowest BCUT2D eigenvalue weighted by Crippen LogP contribution is -2.40. The van der Waals surface area contributed by atoms with E-state index in [9.17, 15) is 14.9 Å². The summed E-state index contributed by atoms with van der Waals surface area (Å²) in [6.45, 7) is 2.07. The van der Waals surface area contributed by atoms with Gasteiger partial charge >= 0.3 is 5.69 Å². The van der Waals surface area contributed by atoms with Crippen molar-refractivity contribution in [2.45, 2.75) is 45.4 Å². The Morgan fingerprint density at radius 1 is 1.36 bits per heavy atom. The number of carbonyl (C=O) groups excluding carboxylic acids is 1. The Kier molecular flexibility index (Phi) is 5.02. The van der Waals surface area contributed by atoms with E-state index in [1.165, 1.54) is 42.5 Å². The highest BCUT2D eigenvalue weighted by atomic mass is 16.6. The van der Waals surface area contributed by atoms with Crippen LogP contribution in [-0.2, 0) is 6.73 Å². The van der Waals surface area contributed by atoms with E-state index in [1.54, 1.807) is 24.4 Å². The summed E-state index contributed by atoms with van der Waals surface area (Å²) in [6, 6.07) is 7.93. The number of nitro benzene ring substituents is 1. The van der Waals surface area contributed by atoms with E-state index in [-0.39, 0.29) is 30.1 Å². The van der Waals surface area contributed by atoms with Crippen molar-refractivity contribution in [1.82, 2.24) is 15.1 Å². The van der Waals surface area contributed by atoms with Crippen LogP contribution in [0.3, 0.4) is 0 Å². The average molecular weight is 384 g/mol. The number of para-hydroxylation sites is 2. The van der Waals surface area contributed by atoms with Gasteiger partial charge in [0.25, 0.3) is 5.91 Å². The zero-order valence-electron chi connectivity index (χ0n) is 15.8. The van der Waals surface area contributed by atoms with Crippen molar-refractivity contribution in [1.29, 1.82) is 0 Å². The third-order valence-corrected chi connectivity index (χ3v) is 6.08. The highest BCUT2D eigenvalue weighted by molar-refractivity contribution is 5.92. The molecule has 1 aromatic carbocycles. The number of rotatable bonds is 7. The van der Waals surface area contributed by atoms with E-state index < -0.39 is 4.92 Å². The Hall–Kier alpha value is -2.90. The standard InChI is InChI=1S/C20H24N4O4/c1-13(16-11-14-6-7-15(16)10-14)21-20(25)17-8-9-23(22-17)12-28-19-5-3-2-4-18(19)24(26)27/h2-5,8-9,13-16H,6-7,10-12H2,1H3,(H,21,25)/t13-,14+,15+,16+/m0/s1. The van der Waals surface area contributed by atoms with Gasteiger partial charge < -0.3 is 10.1 Å². The molecule has 0 saturated heterocycles. The highest BCUT2D eigenvalue weighted by Gasteiger charge is 2.42. The van der Waals surface area contributed by atoms with E-state index in [4.69, 9.17) is 4.74 Å². The molecule has 1 heterocycles. The van der Waals surface area contributed by atoms with E-state index in [0.717, 1.165) is 11.8 Å². The van der Waals surface area contributed by atoms with Gasteiger partial charge in [-0.15, -0.1) is 0 Å². The lowest BCUT2D eigenvalue weighted by Gasteiger charge is -2.28. The molecule has 8 heteroatoms. The SMILES string of the molecule is C[C@H](NC(=O)c1ccn(COc2ccccc2[N+](=O)[O-])n1)[C@H]1C[C@@H]2CC[C@@H]1C2. The summed E-state index contributed by atoms with van der Waals surface area (Å²) in [5, 5.41) is 18.4. The summed E-state index contributed by atoms with van der Waals surface area (Å²) < 4.78 is 6.95. The summed E-state index contributed by atoms with van der Waals surface area (Å²) in [7, 11) is 0. The first kappa shape index (κ1) is 18.5. The third-order valence-electron chi connectivity index (χ3n) is 6.08. The van der Waals surface area contributed by atoms with Crippen molar-refractivity contribution >= 4 is 11.6 Å². The van der Waals surface area contributed by atoms with Gasteiger partial charge in [-0.2, -0.15) is 5.10 Å². The fraction of sp³-hybridized carbons (Fsp3) is 0.500. The van der Waals surface area contributed by atoms with Crippen LogP contribution in [0.25, 0.3) is 0 Å². The maximum absolute atomic E-state index is 12.5. The van der Waals surface area contributed by atoms with Crippen LogP contribution in [-0.4, -0.2) is 26.7 Å². The minimum atomic E-state index is -0.492. The lowest BCUT2D eigenvalue weighted by molar-refractivity contribution is -0.386. The van der Waals surface area contributed by atoms with Gasteiger partial charge in [-0.05, 0) is 56.1 Å². The molecule has 2 aliphatic carbocycles. The quantitative estimate of drug-likeness (QED) is 0.583. The summed E-state index contributed by atoms with van der Waals surface area (Å²) in [6.07, 6.45) is 6.78. The Morgan fingerprint density at radius 3 is 2.89 bits per heavy atom. The number of hydrogen-bond acceptors (Lipinski definition) is 5. The summed E-state index contributed by atoms with van der Waals surface area (Å²) in [5.41, 5.74) is 0.216. The Balaban J connectivity index is 1.34. The van der Waals surface area contributed by atoms with Gasteiger partial charge in [0, 0.05) is 18.3 Å².